The minimum Gasteiger partial charge on any atom is -0.507 e. The molecule has 0 aliphatic carbocycles. The number of aromatic hydroxyl groups is 1. The largest absolute Gasteiger partial charge is 0.507 e. The second kappa shape index (κ2) is 7.45. The molecule has 3 rings (SSSR count). The topological polar surface area (TPSA) is 62.2 Å². The maximum Gasteiger partial charge on any atom is 0.129 e. The Kier molecular flexibility index (Phi) is 5.11. The van der Waals surface area contributed by atoms with Gasteiger partial charge in [-0.15, -0.1) is 0 Å². The Morgan fingerprint density at radius 3 is 2.83 bits per heavy atom. The lowest BCUT2D eigenvalue weighted by molar-refractivity contribution is 0.171. The van der Waals surface area contributed by atoms with E-state index in [1.165, 1.54) is 0 Å². The zero-order chi connectivity index (χ0) is 16.9. The molecule has 1 unspecified atom stereocenters. The van der Waals surface area contributed by atoms with Crippen LogP contribution < -0.4 is 14.4 Å². The maximum atomic E-state index is 9.84. The summed E-state index contributed by atoms with van der Waals surface area (Å²) in [6.45, 7) is 1.49. The summed E-state index contributed by atoms with van der Waals surface area (Å²) in [6, 6.07) is 13.1. The van der Waals surface area contributed by atoms with Gasteiger partial charge in [0.05, 0.1) is 25.8 Å². The third-order valence-electron chi connectivity index (χ3n) is 4.36. The summed E-state index contributed by atoms with van der Waals surface area (Å²) in [5.41, 5.74) is 1.55. The summed E-state index contributed by atoms with van der Waals surface area (Å²) in [4.78, 5) is 2.28. The lowest BCUT2D eigenvalue weighted by Gasteiger charge is -2.35. The molecule has 2 aromatic carbocycles. The normalized spacial score (nSPS) is 17.6. The van der Waals surface area contributed by atoms with Crippen molar-refractivity contribution < 1.29 is 19.7 Å². The van der Waals surface area contributed by atoms with E-state index in [0.29, 0.717) is 11.3 Å². The van der Waals surface area contributed by atoms with Crippen LogP contribution in [0.5, 0.6) is 17.2 Å². The Morgan fingerprint density at radius 2 is 2.04 bits per heavy atom. The van der Waals surface area contributed by atoms with E-state index >= 15 is 0 Å². The second-order valence-electron chi connectivity index (χ2n) is 5.94. The van der Waals surface area contributed by atoms with Crippen molar-refractivity contribution in [1.82, 2.24) is 0 Å². The summed E-state index contributed by atoms with van der Waals surface area (Å²) < 4.78 is 11.4. The van der Waals surface area contributed by atoms with Crippen LogP contribution >= 0.6 is 0 Å². The van der Waals surface area contributed by atoms with Crippen LogP contribution in [0.4, 0.5) is 5.69 Å². The van der Waals surface area contributed by atoms with Crippen molar-refractivity contribution >= 4 is 5.69 Å². The molecule has 1 heterocycles. The van der Waals surface area contributed by atoms with Gasteiger partial charge in [0.25, 0.3) is 0 Å². The molecule has 0 bridgehead atoms. The third-order valence-corrected chi connectivity index (χ3v) is 4.36. The molecule has 0 amide bonds. The van der Waals surface area contributed by atoms with Crippen molar-refractivity contribution in [2.24, 2.45) is 0 Å². The van der Waals surface area contributed by atoms with Crippen LogP contribution in [0.25, 0.3) is 0 Å². The molecular formula is C19H23NO4. The van der Waals surface area contributed by atoms with Crippen LogP contribution in [0, 0.1) is 0 Å². The number of ether oxygens (including phenoxy) is 2. The fraction of sp³-hybridized carbons (Fsp3) is 0.368. The summed E-state index contributed by atoms with van der Waals surface area (Å²) in [7, 11) is 1.67. The minimum atomic E-state index is -0.242. The van der Waals surface area contributed by atoms with E-state index in [0.717, 1.165) is 37.4 Å². The van der Waals surface area contributed by atoms with Crippen molar-refractivity contribution in [3.63, 3.8) is 0 Å². The maximum absolute atomic E-state index is 9.84. The molecule has 0 radical (unpaired) electrons. The van der Waals surface area contributed by atoms with Gasteiger partial charge in [0.2, 0.25) is 0 Å². The molecule has 0 saturated carbocycles. The summed E-state index contributed by atoms with van der Waals surface area (Å²) >= 11 is 0. The molecule has 0 aromatic heterocycles. The van der Waals surface area contributed by atoms with Crippen LogP contribution in [0.2, 0.25) is 0 Å². The highest BCUT2D eigenvalue weighted by Crippen LogP contribution is 2.30. The smallest absolute Gasteiger partial charge is 0.129 e. The lowest BCUT2D eigenvalue weighted by Crippen LogP contribution is -2.41. The Hall–Kier alpha value is -2.40. The Morgan fingerprint density at radius 1 is 1.21 bits per heavy atom. The average molecular weight is 329 g/mol. The number of anilines is 1. The van der Waals surface area contributed by atoms with Crippen LogP contribution in [-0.4, -0.2) is 36.5 Å². The van der Waals surface area contributed by atoms with E-state index in [1.807, 2.05) is 18.2 Å². The number of phenols is 1. The van der Waals surface area contributed by atoms with Gasteiger partial charge in [0.1, 0.15) is 23.4 Å². The molecule has 2 aromatic rings. The standard InChI is InChI=1S/C19H23NO4/c1-23-15-6-2-5-14(11-15)20-10-4-7-16(12-20)24-19-9-3-8-18(22)17(19)13-21/h2-3,5-6,8-9,11,16,21-22H,4,7,10,12-13H2,1H3. The number of aliphatic hydroxyl groups excluding tert-OH is 1. The van der Waals surface area contributed by atoms with Gasteiger partial charge in [0, 0.05) is 18.3 Å². The summed E-state index contributed by atoms with van der Waals surface area (Å²) in [6.07, 6.45) is 1.98. The van der Waals surface area contributed by atoms with E-state index < -0.39 is 0 Å². The van der Waals surface area contributed by atoms with Crippen LogP contribution in [0.15, 0.2) is 42.5 Å². The van der Waals surface area contributed by atoms with E-state index in [9.17, 15) is 10.2 Å². The van der Waals surface area contributed by atoms with Gasteiger partial charge in [-0.1, -0.05) is 12.1 Å². The van der Waals surface area contributed by atoms with Gasteiger partial charge in [-0.05, 0) is 37.1 Å². The molecule has 128 valence electrons. The molecule has 5 nitrogen and oxygen atoms in total. The lowest BCUT2D eigenvalue weighted by atomic mass is 10.1. The van der Waals surface area contributed by atoms with E-state index in [4.69, 9.17) is 9.47 Å². The highest BCUT2D eigenvalue weighted by Gasteiger charge is 2.23. The summed E-state index contributed by atoms with van der Waals surface area (Å²) in [5, 5.41) is 19.3. The second-order valence-corrected chi connectivity index (χ2v) is 5.94. The highest BCUT2D eigenvalue weighted by molar-refractivity contribution is 5.51. The Bertz CT molecular complexity index is 689. The SMILES string of the molecule is COc1cccc(N2CCCC(Oc3cccc(O)c3CO)C2)c1. The number of rotatable bonds is 5. The first-order valence-corrected chi connectivity index (χ1v) is 8.18. The minimum absolute atomic E-state index is 0.0112. The van der Waals surface area contributed by atoms with Gasteiger partial charge in [-0.25, -0.2) is 0 Å². The number of nitrogens with zero attached hydrogens (tertiary/aromatic N) is 1. The molecule has 1 fully saturated rings. The van der Waals surface area contributed by atoms with Gasteiger partial charge in [-0.3, -0.25) is 0 Å². The van der Waals surface area contributed by atoms with Gasteiger partial charge >= 0.3 is 0 Å². The first-order chi connectivity index (χ1) is 11.7. The van der Waals surface area contributed by atoms with Gasteiger partial charge in [-0.2, -0.15) is 0 Å². The predicted octanol–water partition coefficient (Wildman–Crippen LogP) is 2.94. The molecule has 1 atom stereocenters. The number of hydrogen-bond donors (Lipinski definition) is 2. The van der Waals surface area contributed by atoms with Gasteiger partial charge in [0.15, 0.2) is 0 Å². The van der Waals surface area contributed by atoms with Gasteiger partial charge < -0.3 is 24.6 Å². The number of hydrogen-bond acceptors (Lipinski definition) is 5. The molecule has 24 heavy (non-hydrogen) atoms. The average Bonchev–Trinajstić information content (AvgIpc) is 2.62. The van der Waals surface area contributed by atoms with Crippen LogP contribution in [0.1, 0.15) is 18.4 Å². The molecule has 2 N–H and O–H groups in total. The first-order valence-electron chi connectivity index (χ1n) is 8.18. The fourth-order valence-electron chi connectivity index (χ4n) is 3.08. The molecule has 0 spiro atoms. The number of methoxy groups -OCH3 is 1. The Labute approximate surface area is 142 Å². The summed E-state index contributed by atoms with van der Waals surface area (Å²) in [5.74, 6) is 1.46. The molecule has 1 aliphatic heterocycles. The van der Waals surface area contributed by atoms with Crippen LogP contribution in [0.3, 0.4) is 0 Å². The molecule has 1 aliphatic rings. The van der Waals surface area contributed by atoms with E-state index in [2.05, 4.69) is 11.0 Å². The first kappa shape index (κ1) is 16.5. The van der Waals surface area contributed by atoms with Crippen molar-refractivity contribution in [2.45, 2.75) is 25.6 Å². The zero-order valence-corrected chi connectivity index (χ0v) is 13.8. The van der Waals surface area contributed by atoms with E-state index in [1.54, 1.807) is 25.3 Å². The third kappa shape index (κ3) is 3.57. The molecule has 1 saturated heterocycles. The van der Waals surface area contributed by atoms with E-state index in [-0.39, 0.29) is 18.5 Å². The van der Waals surface area contributed by atoms with Crippen molar-refractivity contribution in [1.29, 1.82) is 0 Å². The quantitative estimate of drug-likeness (QED) is 0.883. The van der Waals surface area contributed by atoms with Crippen molar-refractivity contribution in [2.75, 3.05) is 25.1 Å². The molecular weight excluding hydrogens is 306 g/mol. The van der Waals surface area contributed by atoms with Crippen molar-refractivity contribution in [3.8, 4) is 17.2 Å². The van der Waals surface area contributed by atoms with Crippen LogP contribution in [-0.2, 0) is 6.61 Å². The predicted molar refractivity (Wildman–Crippen MR) is 92.9 cm³/mol. The zero-order valence-electron chi connectivity index (χ0n) is 13.8. The number of piperidine rings is 1. The number of benzene rings is 2. The highest BCUT2D eigenvalue weighted by atomic mass is 16.5. The number of aliphatic hydroxyl groups is 1. The Balaban J connectivity index is 1.73. The van der Waals surface area contributed by atoms with Crippen molar-refractivity contribution in [3.05, 3.63) is 48.0 Å². The monoisotopic (exact) mass is 329 g/mol. The molecule has 5 heteroatoms. The fourth-order valence-corrected chi connectivity index (χ4v) is 3.08.